The van der Waals surface area contributed by atoms with Crippen LogP contribution in [0.1, 0.15) is 30.0 Å². The Morgan fingerprint density at radius 1 is 1.33 bits per heavy atom. The summed E-state index contributed by atoms with van der Waals surface area (Å²) >= 11 is 3.47. The topological polar surface area (TPSA) is 45.4 Å². The first-order valence-corrected chi connectivity index (χ1v) is 6.62. The molecule has 3 nitrogen and oxygen atoms in total. The molecule has 0 radical (unpaired) electrons. The van der Waals surface area contributed by atoms with Crippen molar-refractivity contribution in [1.29, 1.82) is 0 Å². The number of aromatic hydroxyl groups is 1. The monoisotopic (exact) mass is 309 g/mol. The summed E-state index contributed by atoms with van der Waals surface area (Å²) in [6, 6.07) is 9.31. The van der Waals surface area contributed by atoms with Gasteiger partial charge in [-0.1, -0.05) is 15.9 Å². The molecule has 0 saturated carbocycles. The number of furan rings is 1. The van der Waals surface area contributed by atoms with Crippen molar-refractivity contribution in [2.45, 2.75) is 26.4 Å². The van der Waals surface area contributed by atoms with Crippen LogP contribution in [0.3, 0.4) is 0 Å². The highest BCUT2D eigenvalue weighted by Gasteiger charge is 2.10. The van der Waals surface area contributed by atoms with Gasteiger partial charge in [0.05, 0.1) is 6.04 Å². The van der Waals surface area contributed by atoms with Gasteiger partial charge in [0.25, 0.3) is 0 Å². The van der Waals surface area contributed by atoms with E-state index in [4.69, 9.17) is 4.42 Å². The molecule has 0 aliphatic rings. The fraction of sp³-hybridized carbons (Fsp3) is 0.286. The Morgan fingerprint density at radius 3 is 2.78 bits per heavy atom. The van der Waals surface area contributed by atoms with Gasteiger partial charge in [-0.15, -0.1) is 0 Å². The Balaban J connectivity index is 2.01. The number of hydrogen-bond acceptors (Lipinski definition) is 3. The molecule has 0 bridgehead atoms. The van der Waals surface area contributed by atoms with E-state index in [0.717, 1.165) is 21.6 Å². The van der Waals surface area contributed by atoms with Gasteiger partial charge in [-0.05, 0) is 49.7 Å². The van der Waals surface area contributed by atoms with Crippen molar-refractivity contribution < 1.29 is 9.52 Å². The lowest BCUT2D eigenvalue weighted by atomic mass is 10.2. The Kier molecular flexibility index (Phi) is 4.09. The molecule has 0 spiro atoms. The Labute approximate surface area is 115 Å². The largest absolute Gasteiger partial charge is 0.508 e. The molecule has 96 valence electrons. The number of hydrogen-bond donors (Lipinski definition) is 2. The van der Waals surface area contributed by atoms with Gasteiger partial charge in [0, 0.05) is 11.0 Å². The third-order valence-electron chi connectivity index (χ3n) is 2.82. The summed E-state index contributed by atoms with van der Waals surface area (Å²) in [6.45, 7) is 4.65. The van der Waals surface area contributed by atoms with E-state index in [-0.39, 0.29) is 11.8 Å². The van der Waals surface area contributed by atoms with Crippen LogP contribution in [0.15, 0.2) is 39.2 Å². The molecule has 2 aromatic rings. The summed E-state index contributed by atoms with van der Waals surface area (Å²) < 4.78 is 6.55. The third kappa shape index (κ3) is 3.15. The fourth-order valence-corrected chi connectivity index (χ4v) is 2.13. The normalized spacial score (nSPS) is 12.6. The van der Waals surface area contributed by atoms with Crippen molar-refractivity contribution in [3.05, 3.63) is 51.9 Å². The number of halogens is 1. The molecule has 1 aromatic carbocycles. The van der Waals surface area contributed by atoms with Gasteiger partial charge in [-0.3, -0.25) is 0 Å². The molecule has 0 unspecified atom stereocenters. The van der Waals surface area contributed by atoms with Crippen LogP contribution in [0.4, 0.5) is 0 Å². The molecule has 2 rings (SSSR count). The van der Waals surface area contributed by atoms with Crippen LogP contribution in [0.5, 0.6) is 5.75 Å². The minimum atomic E-state index is 0.132. The number of phenols is 1. The van der Waals surface area contributed by atoms with Gasteiger partial charge < -0.3 is 14.8 Å². The average Bonchev–Trinajstić information content (AvgIpc) is 2.77. The minimum absolute atomic E-state index is 0.132. The van der Waals surface area contributed by atoms with Gasteiger partial charge in [0.2, 0.25) is 0 Å². The zero-order valence-electron chi connectivity index (χ0n) is 10.4. The molecule has 0 aliphatic carbocycles. The van der Waals surface area contributed by atoms with Gasteiger partial charge in [0.15, 0.2) is 0 Å². The predicted octanol–water partition coefficient (Wildman–Crippen LogP) is 3.91. The van der Waals surface area contributed by atoms with Crippen molar-refractivity contribution >= 4 is 15.9 Å². The number of rotatable bonds is 4. The van der Waals surface area contributed by atoms with Gasteiger partial charge in [0.1, 0.15) is 17.3 Å². The van der Waals surface area contributed by atoms with Crippen LogP contribution < -0.4 is 5.32 Å². The molecule has 0 aliphatic heterocycles. The van der Waals surface area contributed by atoms with Gasteiger partial charge in [-0.25, -0.2) is 0 Å². The maximum atomic E-state index is 9.46. The van der Waals surface area contributed by atoms with Crippen LogP contribution in [-0.4, -0.2) is 5.11 Å². The summed E-state index contributed by atoms with van der Waals surface area (Å²) in [5.74, 6) is 2.11. The lowest BCUT2D eigenvalue weighted by Crippen LogP contribution is -2.17. The fourth-order valence-electron chi connectivity index (χ4n) is 1.75. The van der Waals surface area contributed by atoms with Crippen LogP contribution in [0, 0.1) is 6.92 Å². The third-order valence-corrected chi connectivity index (χ3v) is 3.59. The summed E-state index contributed by atoms with van der Waals surface area (Å²) in [4.78, 5) is 0. The summed E-state index contributed by atoms with van der Waals surface area (Å²) in [6.07, 6.45) is 0. The van der Waals surface area contributed by atoms with Crippen LogP contribution in [-0.2, 0) is 6.54 Å². The second-order valence-electron chi connectivity index (χ2n) is 4.33. The Hall–Kier alpha value is -1.26. The maximum Gasteiger partial charge on any atom is 0.120 e. The lowest BCUT2D eigenvalue weighted by Gasteiger charge is -2.12. The second-order valence-corrected chi connectivity index (χ2v) is 5.18. The molecule has 18 heavy (non-hydrogen) atoms. The van der Waals surface area contributed by atoms with Crippen molar-refractivity contribution in [3.63, 3.8) is 0 Å². The number of benzene rings is 1. The van der Waals surface area contributed by atoms with Crippen LogP contribution in [0.25, 0.3) is 0 Å². The molecule has 1 atom stereocenters. The standard InChI is InChI=1S/C14H16BrNO2/c1-9-3-6-14(18-9)10(2)16-8-11-7-12(17)4-5-13(11)15/h3-7,10,16-17H,8H2,1-2H3/t10-/m1/s1. The van der Waals surface area contributed by atoms with Crippen LogP contribution >= 0.6 is 15.9 Å². The Morgan fingerprint density at radius 2 is 2.11 bits per heavy atom. The van der Waals surface area contributed by atoms with Crippen molar-refractivity contribution in [2.24, 2.45) is 0 Å². The molecule has 4 heteroatoms. The van der Waals surface area contributed by atoms with Crippen molar-refractivity contribution in [1.82, 2.24) is 5.32 Å². The number of phenolic OH excluding ortho intramolecular Hbond substituents is 1. The number of aryl methyl sites for hydroxylation is 1. The van der Waals surface area contributed by atoms with E-state index < -0.39 is 0 Å². The zero-order valence-corrected chi connectivity index (χ0v) is 12.0. The van der Waals surface area contributed by atoms with E-state index in [2.05, 4.69) is 28.2 Å². The zero-order chi connectivity index (χ0) is 13.1. The quantitative estimate of drug-likeness (QED) is 0.900. The van der Waals surface area contributed by atoms with Crippen LogP contribution in [0.2, 0.25) is 0 Å². The molecule has 0 fully saturated rings. The van der Waals surface area contributed by atoms with E-state index in [1.165, 1.54) is 0 Å². The number of nitrogens with one attached hydrogen (secondary N) is 1. The SMILES string of the molecule is Cc1ccc([C@@H](C)NCc2cc(O)ccc2Br)o1. The smallest absolute Gasteiger partial charge is 0.120 e. The Bertz CT molecular complexity index is 536. The summed E-state index contributed by atoms with van der Waals surface area (Å²) in [5.41, 5.74) is 1.02. The molecule has 0 amide bonds. The minimum Gasteiger partial charge on any atom is -0.508 e. The van der Waals surface area contributed by atoms with E-state index in [9.17, 15) is 5.11 Å². The summed E-state index contributed by atoms with van der Waals surface area (Å²) in [7, 11) is 0. The molecule has 0 saturated heterocycles. The maximum absolute atomic E-state index is 9.46. The van der Waals surface area contributed by atoms with Crippen molar-refractivity contribution in [3.8, 4) is 5.75 Å². The predicted molar refractivity (Wildman–Crippen MR) is 74.5 cm³/mol. The lowest BCUT2D eigenvalue weighted by molar-refractivity contribution is 0.415. The van der Waals surface area contributed by atoms with E-state index in [0.29, 0.717) is 6.54 Å². The van der Waals surface area contributed by atoms with E-state index in [1.807, 2.05) is 25.1 Å². The average molecular weight is 310 g/mol. The van der Waals surface area contributed by atoms with Gasteiger partial charge >= 0.3 is 0 Å². The molecule has 2 N–H and O–H groups in total. The molecule has 1 heterocycles. The van der Waals surface area contributed by atoms with Crippen molar-refractivity contribution in [2.75, 3.05) is 0 Å². The van der Waals surface area contributed by atoms with E-state index >= 15 is 0 Å². The van der Waals surface area contributed by atoms with Gasteiger partial charge in [-0.2, -0.15) is 0 Å². The van der Waals surface area contributed by atoms with E-state index in [1.54, 1.807) is 12.1 Å². The molecular formula is C14H16BrNO2. The second kappa shape index (κ2) is 5.59. The first-order chi connectivity index (χ1) is 8.56. The molecular weight excluding hydrogens is 294 g/mol. The highest BCUT2D eigenvalue weighted by atomic mass is 79.9. The summed E-state index contributed by atoms with van der Waals surface area (Å²) in [5, 5.41) is 12.8. The highest BCUT2D eigenvalue weighted by Crippen LogP contribution is 2.23. The highest BCUT2D eigenvalue weighted by molar-refractivity contribution is 9.10. The first-order valence-electron chi connectivity index (χ1n) is 5.83. The first kappa shape index (κ1) is 13.2. The molecule has 1 aromatic heterocycles.